The molecule has 2 N–H and O–H groups in total. The zero-order valence-electron chi connectivity index (χ0n) is 9.63. The van der Waals surface area contributed by atoms with Gasteiger partial charge >= 0.3 is 5.82 Å². The molecule has 19 heavy (non-hydrogen) atoms. The van der Waals surface area contributed by atoms with Crippen LogP contribution in [0.1, 0.15) is 15.9 Å². The van der Waals surface area contributed by atoms with Crippen LogP contribution >= 0.6 is 0 Å². The summed E-state index contributed by atoms with van der Waals surface area (Å²) in [6, 6.07) is 9.09. The fourth-order valence-electron chi connectivity index (χ4n) is 1.39. The van der Waals surface area contributed by atoms with Gasteiger partial charge in [-0.1, -0.05) is 35.1 Å². The SMILES string of the molecule is NC(=O)c1cn(N=Cc2ccccc2)nc1[N+](=O)[O-]. The molecule has 0 aliphatic heterocycles. The average molecular weight is 259 g/mol. The largest absolute Gasteiger partial charge is 0.405 e. The minimum Gasteiger partial charge on any atom is -0.365 e. The van der Waals surface area contributed by atoms with Crippen LogP contribution in [-0.4, -0.2) is 26.9 Å². The number of nitrogens with zero attached hydrogens (tertiary/aromatic N) is 4. The summed E-state index contributed by atoms with van der Waals surface area (Å²) in [5.41, 5.74) is 5.54. The third-order valence-corrected chi connectivity index (χ3v) is 2.25. The number of hydrogen-bond donors (Lipinski definition) is 1. The van der Waals surface area contributed by atoms with E-state index >= 15 is 0 Å². The number of amides is 1. The van der Waals surface area contributed by atoms with Crippen molar-refractivity contribution in [1.82, 2.24) is 9.89 Å². The van der Waals surface area contributed by atoms with Crippen LogP contribution in [-0.2, 0) is 0 Å². The minimum atomic E-state index is -0.923. The summed E-state index contributed by atoms with van der Waals surface area (Å²) in [7, 11) is 0. The van der Waals surface area contributed by atoms with E-state index in [9.17, 15) is 14.9 Å². The second-order valence-corrected chi connectivity index (χ2v) is 3.56. The Hall–Kier alpha value is -3.03. The minimum absolute atomic E-state index is 0.282. The first-order valence-electron chi connectivity index (χ1n) is 5.21. The molecule has 0 unspecified atom stereocenters. The highest BCUT2D eigenvalue weighted by molar-refractivity contribution is 5.96. The Labute approximate surface area is 107 Å². The van der Waals surface area contributed by atoms with Crippen molar-refractivity contribution in [3.8, 4) is 0 Å². The van der Waals surface area contributed by atoms with Crippen LogP contribution in [0.25, 0.3) is 0 Å². The summed E-state index contributed by atoms with van der Waals surface area (Å²) in [6.07, 6.45) is 2.57. The van der Waals surface area contributed by atoms with Crippen LogP contribution in [0.2, 0.25) is 0 Å². The topological polar surface area (TPSA) is 116 Å². The van der Waals surface area contributed by atoms with E-state index < -0.39 is 16.6 Å². The highest BCUT2D eigenvalue weighted by Gasteiger charge is 2.24. The fraction of sp³-hybridized carbons (Fsp3) is 0. The van der Waals surface area contributed by atoms with Crippen molar-refractivity contribution in [3.05, 3.63) is 57.8 Å². The van der Waals surface area contributed by atoms with Gasteiger partial charge in [0.05, 0.1) is 17.5 Å². The lowest BCUT2D eigenvalue weighted by Gasteiger charge is -1.88. The molecule has 2 aromatic rings. The van der Waals surface area contributed by atoms with E-state index in [1.54, 1.807) is 12.1 Å². The molecule has 1 heterocycles. The first kappa shape index (κ1) is 12.4. The smallest absolute Gasteiger partial charge is 0.365 e. The van der Waals surface area contributed by atoms with Gasteiger partial charge in [-0.05, 0) is 10.5 Å². The summed E-state index contributed by atoms with van der Waals surface area (Å²) >= 11 is 0. The van der Waals surface area contributed by atoms with E-state index in [1.807, 2.05) is 18.2 Å². The van der Waals surface area contributed by atoms with Gasteiger partial charge in [0.2, 0.25) is 0 Å². The molecule has 0 saturated heterocycles. The van der Waals surface area contributed by atoms with Crippen LogP contribution in [0, 0.1) is 10.1 Å². The highest BCUT2D eigenvalue weighted by atomic mass is 16.6. The molecule has 0 spiro atoms. The highest BCUT2D eigenvalue weighted by Crippen LogP contribution is 2.14. The Morgan fingerprint density at radius 2 is 2.11 bits per heavy atom. The maximum atomic E-state index is 11.0. The zero-order valence-corrected chi connectivity index (χ0v) is 9.63. The molecular formula is C11H9N5O3. The van der Waals surface area contributed by atoms with E-state index in [1.165, 1.54) is 6.21 Å². The van der Waals surface area contributed by atoms with Crippen LogP contribution < -0.4 is 5.73 Å². The fourth-order valence-corrected chi connectivity index (χ4v) is 1.39. The molecule has 0 radical (unpaired) electrons. The molecule has 1 aromatic carbocycles. The number of carbonyl (C=O) groups excluding carboxylic acids is 1. The normalized spacial score (nSPS) is 10.7. The molecule has 8 nitrogen and oxygen atoms in total. The lowest BCUT2D eigenvalue weighted by molar-refractivity contribution is -0.390. The number of nitro groups is 1. The van der Waals surface area contributed by atoms with Crippen molar-refractivity contribution in [2.24, 2.45) is 10.8 Å². The van der Waals surface area contributed by atoms with Gasteiger partial charge in [0.25, 0.3) is 5.91 Å². The van der Waals surface area contributed by atoms with Crippen LogP contribution in [0.15, 0.2) is 41.6 Å². The summed E-state index contributed by atoms with van der Waals surface area (Å²) < 4.78 is 0. The van der Waals surface area contributed by atoms with Crippen LogP contribution in [0.5, 0.6) is 0 Å². The predicted octanol–water partition coefficient (Wildman–Crippen LogP) is 0.772. The van der Waals surface area contributed by atoms with E-state index in [0.29, 0.717) is 0 Å². The van der Waals surface area contributed by atoms with Crippen LogP contribution in [0.3, 0.4) is 0 Å². The van der Waals surface area contributed by atoms with Gasteiger partial charge < -0.3 is 15.8 Å². The average Bonchev–Trinajstić information content (AvgIpc) is 2.82. The molecule has 0 aliphatic carbocycles. The van der Waals surface area contributed by atoms with E-state index in [0.717, 1.165) is 16.6 Å². The van der Waals surface area contributed by atoms with Crippen molar-refractivity contribution in [2.45, 2.75) is 0 Å². The van der Waals surface area contributed by atoms with Gasteiger partial charge in [0.1, 0.15) is 0 Å². The second-order valence-electron chi connectivity index (χ2n) is 3.56. The van der Waals surface area contributed by atoms with Gasteiger partial charge in [-0.2, -0.15) is 0 Å². The molecule has 0 fully saturated rings. The number of carbonyl (C=O) groups is 1. The van der Waals surface area contributed by atoms with Gasteiger partial charge in [-0.25, -0.2) is 0 Å². The molecule has 96 valence electrons. The third kappa shape index (κ3) is 2.80. The molecule has 2 rings (SSSR count). The third-order valence-electron chi connectivity index (χ3n) is 2.25. The first-order valence-corrected chi connectivity index (χ1v) is 5.21. The second kappa shape index (κ2) is 5.08. The molecule has 0 saturated carbocycles. The van der Waals surface area contributed by atoms with Crippen molar-refractivity contribution < 1.29 is 9.72 Å². The van der Waals surface area contributed by atoms with E-state index in [4.69, 9.17) is 5.73 Å². The number of benzene rings is 1. The number of aromatic nitrogens is 2. The monoisotopic (exact) mass is 259 g/mol. The van der Waals surface area contributed by atoms with E-state index in [-0.39, 0.29) is 5.56 Å². The summed E-state index contributed by atoms with van der Waals surface area (Å²) in [5.74, 6) is -1.54. The van der Waals surface area contributed by atoms with Crippen LogP contribution in [0.4, 0.5) is 5.82 Å². The summed E-state index contributed by atoms with van der Waals surface area (Å²) in [5, 5.41) is 18.1. The van der Waals surface area contributed by atoms with Crippen molar-refractivity contribution in [1.29, 1.82) is 0 Å². The van der Waals surface area contributed by atoms with Crippen molar-refractivity contribution in [3.63, 3.8) is 0 Å². The molecule has 1 amide bonds. The number of hydrogen-bond acceptors (Lipinski definition) is 5. The lowest BCUT2D eigenvalue weighted by atomic mass is 10.2. The number of rotatable bonds is 4. The number of nitrogens with two attached hydrogens (primary N) is 1. The van der Waals surface area contributed by atoms with Crippen molar-refractivity contribution >= 4 is 17.9 Å². The molecular weight excluding hydrogens is 250 g/mol. The predicted molar refractivity (Wildman–Crippen MR) is 66.8 cm³/mol. The molecule has 0 aliphatic rings. The quantitative estimate of drug-likeness (QED) is 0.495. The molecule has 1 aromatic heterocycles. The lowest BCUT2D eigenvalue weighted by Crippen LogP contribution is -2.11. The maximum Gasteiger partial charge on any atom is 0.405 e. The summed E-state index contributed by atoms with van der Waals surface area (Å²) in [6.45, 7) is 0. The van der Waals surface area contributed by atoms with E-state index in [2.05, 4.69) is 10.2 Å². The van der Waals surface area contributed by atoms with Gasteiger partial charge in [-0.15, -0.1) is 5.10 Å². The van der Waals surface area contributed by atoms with Gasteiger partial charge in [-0.3, -0.25) is 4.79 Å². The zero-order chi connectivity index (χ0) is 13.8. The molecule has 8 heteroatoms. The van der Waals surface area contributed by atoms with Gasteiger partial charge in [0.15, 0.2) is 5.56 Å². The number of primary amides is 1. The van der Waals surface area contributed by atoms with Crippen molar-refractivity contribution in [2.75, 3.05) is 0 Å². The maximum absolute atomic E-state index is 11.0. The first-order chi connectivity index (χ1) is 9.08. The Morgan fingerprint density at radius 1 is 1.42 bits per heavy atom. The summed E-state index contributed by atoms with van der Waals surface area (Å²) in [4.78, 5) is 21.9. The Bertz CT molecular complexity index is 616. The Morgan fingerprint density at radius 3 is 2.63 bits per heavy atom. The Kier molecular flexibility index (Phi) is 3.33. The molecule has 0 atom stereocenters. The molecule has 0 bridgehead atoms. The Balaban J connectivity index is 2.32. The van der Waals surface area contributed by atoms with Gasteiger partial charge in [0, 0.05) is 0 Å². The standard InChI is InChI=1S/C11H9N5O3/c12-10(17)9-7-15(14-11(9)16(18)19)13-6-8-4-2-1-3-5-8/h1-7H,(H2,12,17).